The number of rotatable bonds is 1. The molecule has 1 aliphatic rings. The van der Waals surface area contributed by atoms with Gasteiger partial charge in [-0.3, -0.25) is 14.3 Å². The number of nitrogens with one attached hydrogen (secondary N) is 1. The van der Waals surface area contributed by atoms with Gasteiger partial charge in [0.2, 0.25) is 0 Å². The molecule has 74 valence electrons. The van der Waals surface area contributed by atoms with Crippen molar-refractivity contribution in [1.29, 1.82) is 0 Å². The minimum Gasteiger partial charge on any atom is -0.354 e. The predicted molar refractivity (Wildman–Crippen MR) is 50.1 cm³/mol. The number of hydrogen-bond donors (Lipinski definition) is 1. The van der Waals surface area contributed by atoms with Gasteiger partial charge in [-0.2, -0.15) is 0 Å². The van der Waals surface area contributed by atoms with Crippen LogP contribution in [-0.2, 0) is 4.74 Å². The van der Waals surface area contributed by atoms with Crippen molar-refractivity contribution in [3.05, 3.63) is 45.3 Å². The highest BCUT2D eigenvalue weighted by Crippen LogP contribution is 2.12. The molecule has 0 saturated carbocycles. The summed E-state index contributed by atoms with van der Waals surface area (Å²) in [4.78, 5) is 24.3. The molecule has 2 rings (SSSR count). The molecule has 1 unspecified atom stereocenters. The molecule has 1 aromatic heterocycles. The third kappa shape index (κ3) is 1.67. The van der Waals surface area contributed by atoms with Crippen LogP contribution >= 0.6 is 0 Å². The summed E-state index contributed by atoms with van der Waals surface area (Å²) in [5, 5.41) is 0. The molecule has 5 heteroatoms. The first-order valence-corrected chi connectivity index (χ1v) is 4.37. The first kappa shape index (κ1) is 8.96. The van der Waals surface area contributed by atoms with E-state index in [1.807, 2.05) is 6.08 Å². The van der Waals surface area contributed by atoms with E-state index in [-0.39, 0.29) is 0 Å². The highest BCUT2D eigenvalue weighted by atomic mass is 16.5. The Hall–Kier alpha value is -1.62. The Morgan fingerprint density at radius 2 is 2.36 bits per heavy atom. The molecule has 14 heavy (non-hydrogen) atoms. The van der Waals surface area contributed by atoms with E-state index in [2.05, 4.69) is 4.98 Å². The van der Waals surface area contributed by atoms with Crippen molar-refractivity contribution >= 4 is 0 Å². The predicted octanol–water partition coefficient (Wildman–Crippen LogP) is 0.0117. The Kier molecular flexibility index (Phi) is 2.32. The molecule has 1 aliphatic heterocycles. The summed E-state index contributed by atoms with van der Waals surface area (Å²) in [6.07, 6.45) is 5.64. The van der Waals surface area contributed by atoms with Crippen LogP contribution < -0.4 is 11.2 Å². The average Bonchev–Trinajstić information content (AvgIpc) is 2.19. The van der Waals surface area contributed by atoms with E-state index in [1.165, 1.54) is 16.8 Å². The van der Waals surface area contributed by atoms with Gasteiger partial charge in [0, 0.05) is 12.3 Å². The summed E-state index contributed by atoms with van der Waals surface area (Å²) >= 11 is 0. The van der Waals surface area contributed by atoms with Crippen LogP contribution in [0.1, 0.15) is 12.6 Å². The fraction of sp³-hybridized carbons (Fsp3) is 0.333. The van der Waals surface area contributed by atoms with E-state index in [0.29, 0.717) is 6.61 Å². The van der Waals surface area contributed by atoms with Gasteiger partial charge >= 0.3 is 5.69 Å². The topological polar surface area (TPSA) is 64.1 Å². The third-order valence-electron chi connectivity index (χ3n) is 2.00. The van der Waals surface area contributed by atoms with Gasteiger partial charge in [0.1, 0.15) is 0 Å². The molecule has 0 bridgehead atoms. The quantitative estimate of drug-likeness (QED) is 0.640. The lowest BCUT2D eigenvalue weighted by Gasteiger charge is -2.18. The Morgan fingerprint density at radius 3 is 3.00 bits per heavy atom. The van der Waals surface area contributed by atoms with E-state index < -0.39 is 17.5 Å². The number of aromatic nitrogens is 2. The van der Waals surface area contributed by atoms with Gasteiger partial charge < -0.3 is 4.74 Å². The number of aromatic amines is 1. The highest BCUT2D eigenvalue weighted by Gasteiger charge is 2.11. The van der Waals surface area contributed by atoms with E-state index in [1.54, 1.807) is 6.08 Å². The van der Waals surface area contributed by atoms with E-state index >= 15 is 0 Å². The summed E-state index contributed by atoms with van der Waals surface area (Å²) in [5.41, 5.74) is -0.847. The van der Waals surface area contributed by atoms with Gasteiger partial charge in [-0.05, 0) is 12.5 Å². The molecule has 0 aromatic carbocycles. The van der Waals surface area contributed by atoms with Crippen LogP contribution in [-0.4, -0.2) is 16.2 Å². The van der Waals surface area contributed by atoms with Gasteiger partial charge in [-0.15, -0.1) is 0 Å². The van der Waals surface area contributed by atoms with Crippen LogP contribution in [0.2, 0.25) is 0 Å². The average molecular weight is 194 g/mol. The molecule has 1 atom stereocenters. The molecule has 0 spiro atoms. The summed E-state index contributed by atoms with van der Waals surface area (Å²) in [6.45, 7) is 0.590. The van der Waals surface area contributed by atoms with Crippen molar-refractivity contribution in [2.24, 2.45) is 0 Å². The molecular formula is C9H10N2O3. The van der Waals surface area contributed by atoms with E-state index in [0.717, 1.165) is 6.42 Å². The molecule has 1 aromatic rings. The zero-order valence-corrected chi connectivity index (χ0v) is 7.47. The highest BCUT2D eigenvalue weighted by molar-refractivity contribution is 4.94. The largest absolute Gasteiger partial charge is 0.354 e. The lowest BCUT2D eigenvalue weighted by Crippen LogP contribution is -2.32. The molecule has 2 heterocycles. The second-order valence-corrected chi connectivity index (χ2v) is 3.00. The molecule has 0 aliphatic carbocycles. The number of H-pyrrole nitrogens is 1. The lowest BCUT2D eigenvalue weighted by molar-refractivity contribution is 0.0288. The second kappa shape index (κ2) is 3.63. The minimum atomic E-state index is -0.450. The van der Waals surface area contributed by atoms with E-state index in [9.17, 15) is 9.59 Å². The summed E-state index contributed by atoms with van der Waals surface area (Å²) in [7, 11) is 0. The fourth-order valence-corrected chi connectivity index (χ4v) is 1.33. The van der Waals surface area contributed by atoms with Gasteiger partial charge in [0.05, 0.1) is 6.61 Å². The maximum Gasteiger partial charge on any atom is 0.330 e. The minimum absolute atomic E-state index is 0.395. The maximum atomic E-state index is 11.3. The zero-order chi connectivity index (χ0) is 9.97. The SMILES string of the molecule is O=c1ccn(C2C=CCCO2)c(=O)[nH]1. The van der Waals surface area contributed by atoms with Crippen LogP contribution in [0, 0.1) is 0 Å². The van der Waals surface area contributed by atoms with Crippen molar-refractivity contribution in [2.75, 3.05) is 6.61 Å². The monoisotopic (exact) mass is 194 g/mol. The molecule has 5 nitrogen and oxygen atoms in total. The van der Waals surface area contributed by atoms with Gasteiger partial charge in [0.15, 0.2) is 6.23 Å². The smallest absolute Gasteiger partial charge is 0.330 e. The van der Waals surface area contributed by atoms with Crippen molar-refractivity contribution in [1.82, 2.24) is 9.55 Å². The van der Waals surface area contributed by atoms with Crippen molar-refractivity contribution < 1.29 is 4.74 Å². The molecule has 0 radical (unpaired) electrons. The number of ether oxygens (including phenoxy) is 1. The van der Waals surface area contributed by atoms with Crippen LogP contribution in [0.15, 0.2) is 34.0 Å². The maximum absolute atomic E-state index is 11.3. The standard InChI is InChI=1S/C9H10N2O3/c12-7-4-5-11(9(13)10-7)8-3-1-2-6-14-8/h1,3-5,8H,2,6H2,(H,10,12,13). The van der Waals surface area contributed by atoms with Gasteiger partial charge in [-0.1, -0.05) is 6.08 Å². The molecule has 1 N–H and O–H groups in total. The van der Waals surface area contributed by atoms with Gasteiger partial charge in [-0.25, -0.2) is 4.79 Å². The lowest BCUT2D eigenvalue weighted by atomic mass is 10.3. The van der Waals surface area contributed by atoms with Crippen molar-refractivity contribution in [3.63, 3.8) is 0 Å². The fourth-order valence-electron chi connectivity index (χ4n) is 1.33. The Morgan fingerprint density at radius 1 is 1.50 bits per heavy atom. The van der Waals surface area contributed by atoms with Crippen molar-refractivity contribution in [3.8, 4) is 0 Å². The third-order valence-corrected chi connectivity index (χ3v) is 2.00. The Balaban J connectivity index is 2.41. The molecular weight excluding hydrogens is 184 g/mol. The molecule has 0 saturated heterocycles. The number of hydrogen-bond acceptors (Lipinski definition) is 3. The van der Waals surface area contributed by atoms with Crippen LogP contribution in [0.3, 0.4) is 0 Å². The summed E-state index contributed by atoms with van der Waals surface area (Å²) < 4.78 is 6.68. The Bertz CT molecular complexity index is 458. The summed E-state index contributed by atoms with van der Waals surface area (Å²) in [6, 6.07) is 1.30. The van der Waals surface area contributed by atoms with Crippen LogP contribution in [0.25, 0.3) is 0 Å². The normalized spacial score (nSPS) is 21.0. The van der Waals surface area contributed by atoms with Crippen LogP contribution in [0.5, 0.6) is 0 Å². The molecule has 0 fully saturated rings. The first-order chi connectivity index (χ1) is 6.77. The van der Waals surface area contributed by atoms with E-state index in [4.69, 9.17) is 4.74 Å². The zero-order valence-electron chi connectivity index (χ0n) is 7.47. The summed E-state index contributed by atoms with van der Waals surface area (Å²) in [5.74, 6) is 0. The van der Waals surface area contributed by atoms with Crippen LogP contribution in [0.4, 0.5) is 0 Å². The van der Waals surface area contributed by atoms with Crippen molar-refractivity contribution in [2.45, 2.75) is 12.6 Å². The second-order valence-electron chi connectivity index (χ2n) is 3.00. The van der Waals surface area contributed by atoms with Gasteiger partial charge in [0.25, 0.3) is 5.56 Å². The molecule has 0 amide bonds. The Labute approximate surface area is 79.6 Å². The number of nitrogens with zero attached hydrogens (tertiary/aromatic N) is 1. The first-order valence-electron chi connectivity index (χ1n) is 4.37.